The minimum Gasteiger partial charge on any atom is -0.489 e. The molecule has 12 heteroatoms. The third-order valence-corrected chi connectivity index (χ3v) is 7.58. The summed E-state index contributed by atoms with van der Waals surface area (Å²) in [5.41, 5.74) is 2.76. The fourth-order valence-corrected chi connectivity index (χ4v) is 5.70. The number of hydrogen-bond donors (Lipinski definition) is 0. The van der Waals surface area contributed by atoms with Crippen molar-refractivity contribution in [1.82, 2.24) is 0 Å². The standard InChI is InChI=1S/C31H35ClO11/c1-17(33)38-16-27-28(39-18(2)34)29(40-19(3)35)30(41-20(4)36)31(37-5,43-27)23-11-13-25(32)26(15-23)42-24-12-10-21-8-6-7-9-22(21)14-24/h6-9,11,13,15,24,27-30H,10,12,14,16H2,1-5H3/t24?,27-,28-,29+,30-,31?/m1/s1. The van der Waals surface area contributed by atoms with Gasteiger partial charge in [0.15, 0.2) is 12.2 Å². The Morgan fingerprint density at radius 3 is 2.16 bits per heavy atom. The van der Waals surface area contributed by atoms with Crippen LogP contribution in [0.1, 0.15) is 50.8 Å². The van der Waals surface area contributed by atoms with E-state index in [-0.39, 0.29) is 6.10 Å². The summed E-state index contributed by atoms with van der Waals surface area (Å²) in [5, 5.41) is 0.319. The summed E-state index contributed by atoms with van der Waals surface area (Å²) in [7, 11) is 1.31. The molecule has 4 rings (SSSR count). The van der Waals surface area contributed by atoms with Crippen molar-refractivity contribution in [1.29, 1.82) is 0 Å². The molecule has 1 heterocycles. The summed E-state index contributed by atoms with van der Waals surface area (Å²) in [5.74, 6) is -4.49. The number of methoxy groups -OCH3 is 1. The zero-order valence-electron chi connectivity index (χ0n) is 24.6. The predicted octanol–water partition coefficient (Wildman–Crippen LogP) is 3.83. The molecule has 0 aromatic heterocycles. The zero-order valence-corrected chi connectivity index (χ0v) is 25.4. The molecule has 11 nitrogen and oxygen atoms in total. The van der Waals surface area contributed by atoms with Crippen LogP contribution >= 0.6 is 11.6 Å². The first-order valence-corrected chi connectivity index (χ1v) is 14.2. The highest BCUT2D eigenvalue weighted by atomic mass is 35.5. The number of ether oxygens (including phenoxy) is 7. The molecule has 0 saturated carbocycles. The Balaban J connectivity index is 1.78. The average Bonchev–Trinajstić information content (AvgIpc) is 2.95. The van der Waals surface area contributed by atoms with E-state index >= 15 is 0 Å². The largest absolute Gasteiger partial charge is 0.489 e. The van der Waals surface area contributed by atoms with Crippen LogP contribution in [-0.2, 0) is 66.2 Å². The van der Waals surface area contributed by atoms with E-state index in [1.165, 1.54) is 25.2 Å². The third kappa shape index (κ3) is 7.46. The van der Waals surface area contributed by atoms with Gasteiger partial charge in [0.1, 0.15) is 24.6 Å². The predicted molar refractivity (Wildman–Crippen MR) is 151 cm³/mol. The first-order valence-electron chi connectivity index (χ1n) is 13.8. The summed E-state index contributed by atoms with van der Waals surface area (Å²) < 4.78 is 40.7. The first-order chi connectivity index (χ1) is 20.4. The van der Waals surface area contributed by atoms with Gasteiger partial charge in [0, 0.05) is 46.8 Å². The van der Waals surface area contributed by atoms with Crippen molar-refractivity contribution in [2.24, 2.45) is 0 Å². The lowest BCUT2D eigenvalue weighted by Crippen LogP contribution is -2.67. The van der Waals surface area contributed by atoms with Gasteiger partial charge in [-0.1, -0.05) is 41.9 Å². The quantitative estimate of drug-likeness (QED) is 0.300. The Morgan fingerprint density at radius 1 is 0.884 bits per heavy atom. The Hall–Kier alpha value is -3.67. The van der Waals surface area contributed by atoms with Crippen molar-refractivity contribution < 1.29 is 52.3 Å². The molecule has 0 amide bonds. The second-order valence-electron chi connectivity index (χ2n) is 10.4. The molecule has 1 fully saturated rings. The molecule has 6 atom stereocenters. The van der Waals surface area contributed by atoms with Gasteiger partial charge in [-0.05, 0) is 36.1 Å². The molecule has 2 aromatic carbocycles. The van der Waals surface area contributed by atoms with Crippen LogP contribution in [0.5, 0.6) is 5.75 Å². The molecule has 1 aliphatic carbocycles. The molecule has 232 valence electrons. The zero-order chi connectivity index (χ0) is 31.3. The lowest BCUT2D eigenvalue weighted by atomic mass is 9.87. The normalized spacial score (nSPS) is 26.4. The number of aryl methyl sites for hydroxylation is 1. The van der Waals surface area contributed by atoms with E-state index < -0.39 is 60.7 Å². The summed E-state index contributed by atoms with van der Waals surface area (Å²) >= 11 is 6.58. The highest BCUT2D eigenvalue weighted by molar-refractivity contribution is 6.32. The van der Waals surface area contributed by atoms with Crippen LogP contribution in [0, 0.1) is 0 Å². The number of fused-ring (bicyclic) bond motifs is 1. The van der Waals surface area contributed by atoms with Gasteiger partial charge >= 0.3 is 23.9 Å². The van der Waals surface area contributed by atoms with Crippen LogP contribution in [0.2, 0.25) is 5.02 Å². The molecule has 0 spiro atoms. The summed E-state index contributed by atoms with van der Waals surface area (Å²) in [4.78, 5) is 48.5. The van der Waals surface area contributed by atoms with Crippen LogP contribution in [0.25, 0.3) is 0 Å². The first kappa shape index (κ1) is 32.2. The van der Waals surface area contributed by atoms with Crippen molar-refractivity contribution in [3.63, 3.8) is 0 Å². The maximum absolute atomic E-state index is 12.4. The van der Waals surface area contributed by atoms with Crippen LogP contribution in [0.3, 0.4) is 0 Å². The van der Waals surface area contributed by atoms with Crippen LogP contribution in [0.4, 0.5) is 0 Å². The number of carbonyl (C=O) groups is 4. The average molecular weight is 619 g/mol. The Bertz CT molecular complexity index is 1360. The van der Waals surface area contributed by atoms with Crippen LogP contribution in [0.15, 0.2) is 42.5 Å². The molecule has 1 saturated heterocycles. The highest BCUT2D eigenvalue weighted by Gasteiger charge is 2.61. The number of carbonyl (C=O) groups excluding carboxylic acids is 4. The highest BCUT2D eigenvalue weighted by Crippen LogP contribution is 2.45. The van der Waals surface area contributed by atoms with Crippen LogP contribution < -0.4 is 4.74 Å². The Kier molecular flexibility index (Phi) is 10.3. The number of halogens is 1. The van der Waals surface area contributed by atoms with E-state index in [9.17, 15) is 19.2 Å². The fourth-order valence-electron chi connectivity index (χ4n) is 5.54. The van der Waals surface area contributed by atoms with Crippen molar-refractivity contribution >= 4 is 35.5 Å². The number of hydrogen-bond acceptors (Lipinski definition) is 11. The summed E-state index contributed by atoms with van der Waals surface area (Å²) in [6.45, 7) is 4.26. The van der Waals surface area contributed by atoms with E-state index in [4.69, 9.17) is 44.8 Å². The van der Waals surface area contributed by atoms with Crippen molar-refractivity contribution in [3.05, 3.63) is 64.2 Å². The van der Waals surface area contributed by atoms with Gasteiger partial charge in [-0.3, -0.25) is 19.2 Å². The monoisotopic (exact) mass is 618 g/mol. The number of esters is 4. The lowest BCUT2D eigenvalue weighted by Gasteiger charge is -2.50. The number of rotatable bonds is 9. The van der Waals surface area contributed by atoms with E-state index in [1.807, 2.05) is 12.1 Å². The van der Waals surface area contributed by atoms with E-state index in [0.29, 0.717) is 22.8 Å². The van der Waals surface area contributed by atoms with Gasteiger partial charge in [-0.25, -0.2) is 0 Å². The van der Waals surface area contributed by atoms with Crippen molar-refractivity contribution in [2.75, 3.05) is 13.7 Å². The van der Waals surface area contributed by atoms with Crippen molar-refractivity contribution in [2.45, 2.75) is 83.3 Å². The molecule has 43 heavy (non-hydrogen) atoms. The molecular weight excluding hydrogens is 584 g/mol. The van der Waals surface area contributed by atoms with Gasteiger partial charge in [0.25, 0.3) is 0 Å². The van der Waals surface area contributed by atoms with Gasteiger partial charge in [-0.15, -0.1) is 0 Å². The van der Waals surface area contributed by atoms with E-state index in [0.717, 1.165) is 33.6 Å². The molecule has 2 aromatic rings. The Labute approximate surface area is 254 Å². The molecule has 2 unspecified atom stereocenters. The molecule has 2 aliphatic rings. The maximum Gasteiger partial charge on any atom is 0.303 e. The van der Waals surface area contributed by atoms with Gasteiger partial charge < -0.3 is 33.2 Å². The topological polar surface area (TPSA) is 133 Å². The summed E-state index contributed by atoms with van der Waals surface area (Å²) in [6.07, 6.45) is -3.32. The van der Waals surface area contributed by atoms with Gasteiger partial charge in [0.05, 0.1) is 5.02 Å². The molecule has 0 radical (unpaired) electrons. The molecular formula is C31H35ClO11. The van der Waals surface area contributed by atoms with Gasteiger partial charge in [0.2, 0.25) is 11.9 Å². The second kappa shape index (κ2) is 13.7. The lowest BCUT2D eigenvalue weighted by molar-refractivity contribution is -0.367. The maximum atomic E-state index is 12.4. The molecule has 0 N–H and O–H groups in total. The minimum absolute atomic E-state index is 0.170. The van der Waals surface area contributed by atoms with Gasteiger partial charge in [-0.2, -0.15) is 0 Å². The minimum atomic E-state index is -1.95. The fraction of sp³-hybridized carbons (Fsp3) is 0.484. The van der Waals surface area contributed by atoms with E-state index in [2.05, 4.69) is 12.1 Å². The smallest absolute Gasteiger partial charge is 0.303 e. The van der Waals surface area contributed by atoms with E-state index in [1.54, 1.807) is 18.2 Å². The Morgan fingerprint density at radius 2 is 1.53 bits per heavy atom. The third-order valence-electron chi connectivity index (χ3n) is 7.27. The van der Waals surface area contributed by atoms with Crippen LogP contribution in [-0.4, -0.2) is 68.1 Å². The van der Waals surface area contributed by atoms with Crippen molar-refractivity contribution in [3.8, 4) is 5.75 Å². The molecule has 1 aliphatic heterocycles. The number of benzene rings is 2. The second-order valence-corrected chi connectivity index (χ2v) is 10.8. The summed E-state index contributed by atoms with van der Waals surface area (Å²) in [6, 6.07) is 12.9. The SMILES string of the molecule is COC1(c2ccc(Cl)c(OC3CCc4ccccc4C3)c2)O[C@H](COC(C)=O)[C@@H](OC(C)=O)[C@H](OC(C)=O)[C@H]1OC(C)=O. The molecule has 0 bridgehead atoms.